The van der Waals surface area contributed by atoms with E-state index < -0.39 is 0 Å². The molecule has 0 atom stereocenters. The van der Waals surface area contributed by atoms with Crippen LogP contribution in [-0.2, 0) is 13.1 Å². The number of aliphatic hydroxyl groups is 1. The van der Waals surface area contributed by atoms with E-state index >= 15 is 0 Å². The maximum Gasteiger partial charge on any atom is 0.161 e. The molecule has 5 heteroatoms. The van der Waals surface area contributed by atoms with E-state index in [2.05, 4.69) is 5.32 Å². The minimum atomic E-state index is -0.0225. The van der Waals surface area contributed by atoms with Gasteiger partial charge in [-0.05, 0) is 23.8 Å². The predicted molar refractivity (Wildman–Crippen MR) is 89.1 cm³/mol. The van der Waals surface area contributed by atoms with Gasteiger partial charge >= 0.3 is 0 Å². The smallest absolute Gasteiger partial charge is 0.161 e. The van der Waals surface area contributed by atoms with Gasteiger partial charge in [-0.15, -0.1) is 0 Å². The highest BCUT2D eigenvalue weighted by atomic mass is 16.5. The highest BCUT2D eigenvalue weighted by Gasteiger charge is 2.06. The van der Waals surface area contributed by atoms with Gasteiger partial charge in [-0.2, -0.15) is 0 Å². The summed E-state index contributed by atoms with van der Waals surface area (Å²) in [6.45, 7) is 1.65. The Bertz CT molecular complexity index is 616. The van der Waals surface area contributed by atoms with Crippen molar-refractivity contribution in [3.05, 3.63) is 53.6 Å². The molecule has 0 fully saturated rings. The molecule has 2 aromatic rings. The zero-order valence-electron chi connectivity index (χ0n) is 13.5. The Morgan fingerprint density at radius 3 is 2.43 bits per heavy atom. The average Bonchev–Trinajstić information content (AvgIpc) is 2.60. The fourth-order valence-corrected chi connectivity index (χ4v) is 2.29. The normalized spacial score (nSPS) is 10.4. The van der Waals surface area contributed by atoms with Gasteiger partial charge in [0.05, 0.1) is 20.8 Å². The van der Waals surface area contributed by atoms with Crippen molar-refractivity contribution in [2.75, 3.05) is 27.4 Å². The van der Waals surface area contributed by atoms with Crippen LogP contribution in [0.1, 0.15) is 11.1 Å². The molecule has 0 amide bonds. The molecule has 5 nitrogen and oxygen atoms in total. The largest absolute Gasteiger partial charge is 0.496 e. The van der Waals surface area contributed by atoms with E-state index in [1.165, 1.54) is 0 Å². The third-order valence-electron chi connectivity index (χ3n) is 3.41. The van der Waals surface area contributed by atoms with Gasteiger partial charge in [0.15, 0.2) is 11.5 Å². The predicted octanol–water partition coefficient (Wildman–Crippen LogP) is 2.36. The van der Waals surface area contributed by atoms with Gasteiger partial charge in [-0.25, -0.2) is 0 Å². The van der Waals surface area contributed by atoms with Crippen molar-refractivity contribution in [3.8, 4) is 17.2 Å². The summed E-state index contributed by atoms with van der Waals surface area (Å²) < 4.78 is 16.1. The van der Waals surface area contributed by atoms with Crippen LogP contribution in [0.25, 0.3) is 0 Å². The van der Waals surface area contributed by atoms with Crippen molar-refractivity contribution >= 4 is 0 Å². The summed E-state index contributed by atoms with van der Waals surface area (Å²) in [5.74, 6) is 2.18. The van der Waals surface area contributed by atoms with Crippen LogP contribution in [0, 0.1) is 0 Å². The second kappa shape index (κ2) is 9.02. The monoisotopic (exact) mass is 317 g/mol. The molecule has 0 saturated heterocycles. The highest BCUT2D eigenvalue weighted by molar-refractivity contribution is 5.43. The number of nitrogens with one attached hydrogen (secondary N) is 1. The molecule has 0 heterocycles. The third-order valence-corrected chi connectivity index (χ3v) is 3.41. The Kier molecular flexibility index (Phi) is 6.72. The Morgan fingerprint density at radius 2 is 1.70 bits per heavy atom. The van der Waals surface area contributed by atoms with Gasteiger partial charge in [-0.3, -0.25) is 0 Å². The number of benzene rings is 2. The molecule has 0 aliphatic rings. The van der Waals surface area contributed by atoms with Crippen LogP contribution in [0.3, 0.4) is 0 Å². The number of hydrogen-bond donors (Lipinski definition) is 2. The van der Waals surface area contributed by atoms with Crippen LogP contribution in [0.2, 0.25) is 0 Å². The maximum absolute atomic E-state index is 8.83. The van der Waals surface area contributed by atoms with Gasteiger partial charge in [-0.1, -0.05) is 24.3 Å². The Hall–Kier alpha value is -2.24. The first-order valence-electron chi connectivity index (χ1n) is 7.51. The summed E-state index contributed by atoms with van der Waals surface area (Å²) in [7, 11) is 3.28. The van der Waals surface area contributed by atoms with E-state index in [4.69, 9.17) is 19.3 Å². The summed E-state index contributed by atoms with van der Waals surface area (Å²) in [5.41, 5.74) is 2.21. The minimum Gasteiger partial charge on any atom is -0.496 e. The first-order chi connectivity index (χ1) is 11.3. The van der Waals surface area contributed by atoms with Crippen LogP contribution in [0.5, 0.6) is 17.2 Å². The second-order valence-corrected chi connectivity index (χ2v) is 4.97. The number of rotatable bonds is 9. The second-order valence-electron chi connectivity index (χ2n) is 4.97. The van der Waals surface area contributed by atoms with Gasteiger partial charge in [0, 0.05) is 18.7 Å². The molecule has 2 rings (SSSR count). The summed E-state index contributed by atoms with van der Waals surface area (Å²) in [6.07, 6.45) is 0. The molecule has 0 unspecified atom stereocenters. The number of ether oxygens (including phenoxy) is 3. The van der Waals surface area contributed by atoms with E-state index in [-0.39, 0.29) is 13.2 Å². The molecule has 0 bridgehead atoms. The van der Waals surface area contributed by atoms with Gasteiger partial charge in [0.1, 0.15) is 12.4 Å². The molecule has 0 saturated carbocycles. The van der Waals surface area contributed by atoms with Crippen molar-refractivity contribution in [1.82, 2.24) is 5.32 Å². The lowest BCUT2D eigenvalue weighted by Gasteiger charge is -2.13. The first-order valence-corrected chi connectivity index (χ1v) is 7.51. The minimum absolute atomic E-state index is 0.0225. The topological polar surface area (TPSA) is 60.0 Å². The van der Waals surface area contributed by atoms with Gasteiger partial charge < -0.3 is 24.6 Å². The van der Waals surface area contributed by atoms with Gasteiger partial charge in [0.25, 0.3) is 0 Å². The van der Waals surface area contributed by atoms with Gasteiger partial charge in [0.2, 0.25) is 0 Å². The van der Waals surface area contributed by atoms with Crippen molar-refractivity contribution in [1.29, 1.82) is 0 Å². The summed E-state index contributed by atoms with van der Waals surface area (Å²) >= 11 is 0. The van der Waals surface area contributed by atoms with Crippen LogP contribution >= 0.6 is 0 Å². The van der Waals surface area contributed by atoms with E-state index in [1.54, 1.807) is 14.2 Å². The maximum atomic E-state index is 8.83. The molecule has 0 aliphatic carbocycles. The molecular formula is C18H23NO4. The Labute approximate surface area is 136 Å². The van der Waals surface area contributed by atoms with Crippen molar-refractivity contribution < 1.29 is 19.3 Å². The Balaban J connectivity index is 1.95. The molecule has 23 heavy (non-hydrogen) atoms. The average molecular weight is 317 g/mol. The SMILES string of the molecule is COc1ccccc1CNCc1ccc(OCCO)c(OC)c1. The lowest BCUT2D eigenvalue weighted by Crippen LogP contribution is -2.13. The third kappa shape index (κ3) is 4.87. The number of methoxy groups -OCH3 is 2. The van der Waals surface area contributed by atoms with Crippen molar-refractivity contribution in [2.45, 2.75) is 13.1 Å². The summed E-state index contributed by atoms with van der Waals surface area (Å²) in [5, 5.41) is 12.2. The number of aliphatic hydroxyl groups excluding tert-OH is 1. The number of hydrogen-bond acceptors (Lipinski definition) is 5. The zero-order chi connectivity index (χ0) is 16.5. The molecular weight excluding hydrogens is 294 g/mol. The molecule has 124 valence electrons. The van der Waals surface area contributed by atoms with E-state index in [0.29, 0.717) is 18.0 Å². The molecule has 0 aromatic heterocycles. The van der Waals surface area contributed by atoms with Crippen molar-refractivity contribution in [3.63, 3.8) is 0 Å². The standard InChI is InChI=1S/C18H23NO4/c1-21-16-6-4-3-5-15(16)13-19-12-14-7-8-17(23-10-9-20)18(11-14)22-2/h3-8,11,19-20H,9-10,12-13H2,1-2H3. The van der Waals surface area contributed by atoms with Crippen LogP contribution < -0.4 is 19.5 Å². The molecule has 2 aromatic carbocycles. The quantitative estimate of drug-likeness (QED) is 0.743. The zero-order valence-corrected chi connectivity index (χ0v) is 13.5. The van der Waals surface area contributed by atoms with E-state index in [0.717, 1.165) is 23.4 Å². The summed E-state index contributed by atoms with van der Waals surface area (Å²) in [6, 6.07) is 13.7. The molecule has 2 N–H and O–H groups in total. The fourth-order valence-electron chi connectivity index (χ4n) is 2.29. The van der Waals surface area contributed by atoms with E-state index in [1.807, 2.05) is 42.5 Å². The molecule has 0 radical (unpaired) electrons. The van der Waals surface area contributed by atoms with E-state index in [9.17, 15) is 0 Å². The first kappa shape index (κ1) is 17.1. The number of para-hydroxylation sites is 1. The fraction of sp³-hybridized carbons (Fsp3) is 0.333. The van der Waals surface area contributed by atoms with Crippen molar-refractivity contribution in [2.24, 2.45) is 0 Å². The Morgan fingerprint density at radius 1 is 0.913 bits per heavy atom. The molecule has 0 aliphatic heterocycles. The highest BCUT2D eigenvalue weighted by Crippen LogP contribution is 2.28. The lowest BCUT2D eigenvalue weighted by atomic mass is 10.1. The van der Waals surface area contributed by atoms with Crippen LogP contribution in [-0.4, -0.2) is 32.5 Å². The molecule has 0 spiro atoms. The van der Waals surface area contributed by atoms with Crippen LogP contribution in [0.4, 0.5) is 0 Å². The van der Waals surface area contributed by atoms with Crippen LogP contribution in [0.15, 0.2) is 42.5 Å². The summed E-state index contributed by atoms with van der Waals surface area (Å²) in [4.78, 5) is 0. The lowest BCUT2D eigenvalue weighted by molar-refractivity contribution is 0.196.